The molecule has 5 heteroatoms. The van der Waals surface area contributed by atoms with Crippen LogP contribution in [0.15, 0.2) is 30.3 Å². The van der Waals surface area contributed by atoms with Gasteiger partial charge in [0.2, 0.25) is 0 Å². The third-order valence-electron chi connectivity index (χ3n) is 2.37. The Morgan fingerprint density at radius 3 is 2.69 bits per heavy atom. The van der Waals surface area contributed by atoms with Crippen molar-refractivity contribution in [3.8, 4) is 11.5 Å². The number of methoxy groups -OCH3 is 1. The summed E-state index contributed by atoms with van der Waals surface area (Å²) in [6, 6.07) is 7.47. The van der Waals surface area contributed by atoms with Crippen LogP contribution in [0.3, 0.4) is 0 Å². The van der Waals surface area contributed by atoms with Crippen molar-refractivity contribution in [3.05, 3.63) is 40.4 Å². The molecule has 0 aliphatic heterocycles. The molecular weight excluding hydrogens is 210 g/mol. The van der Waals surface area contributed by atoms with Gasteiger partial charge in [0.25, 0.3) is 5.69 Å². The molecule has 2 rings (SSSR count). The Morgan fingerprint density at radius 1 is 1.31 bits per heavy atom. The number of nitro benzene ring substituents is 1. The second kappa shape index (κ2) is 3.69. The summed E-state index contributed by atoms with van der Waals surface area (Å²) < 4.78 is 5.06. The average molecular weight is 219 g/mol. The van der Waals surface area contributed by atoms with Gasteiger partial charge in [0, 0.05) is 11.5 Å². The molecule has 0 bridgehead atoms. The van der Waals surface area contributed by atoms with E-state index in [-0.39, 0.29) is 11.4 Å². The van der Waals surface area contributed by atoms with Crippen molar-refractivity contribution in [2.24, 2.45) is 0 Å². The number of ether oxygens (including phenoxy) is 1. The number of phenols is 1. The zero-order chi connectivity index (χ0) is 11.7. The molecule has 0 aliphatic carbocycles. The minimum Gasteiger partial charge on any atom is -0.507 e. The first-order chi connectivity index (χ1) is 7.65. The van der Waals surface area contributed by atoms with Crippen molar-refractivity contribution >= 4 is 16.5 Å². The highest BCUT2D eigenvalue weighted by molar-refractivity contribution is 5.99. The van der Waals surface area contributed by atoms with Gasteiger partial charge in [0.05, 0.1) is 12.0 Å². The molecule has 0 amide bonds. The predicted octanol–water partition coefficient (Wildman–Crippen LogP) is 2.46. The zero-order valence-corrected chi connectivity index (χ0v) is 8.51. The molecule has 0 unspecified atom stereocenters. The first-order valence-electron chi connectivity index (χ1n) is 4.58. The van der Waals surface area contributed by atoms with Gasteiger partial charge >= 0.3 is 0 Å². The lowest BCUT2D eigenvalue weighted by atomic mass is 10.1. The summed E-state index contributed by atoms with van der Waals surface area (Å²) in [5.41, 5.74) is -0.0785. The van der Waals surface area contributed by atoms with Crippen LogP contribution in [-0.2, 0) is 0 Å². The van der Waals surface area contributed by atoms with Crippen LogP contribution in [0.5, 0.6) is 11.5 Å². The van der Waals surface area contributed by atoms with Gasteiger partial charge in [-0.05, 0) is 12.1 Å². The SMILES string of the molecule is COc1cccc2c(O)ccc([N+](=O)[O-])c12. The van der Waals surface area contributed by atoms with E-state index in [0.717, 1.165) is 0 Å². The summed E-state index contributed by atoms with van der Waals surface area (Å²) in [4.78, 5) is 10.4. The van der Waals surface area contributed by atoms with Crippen molar-refractivity contribution in [1.29, 1.82) is 0 Å². The quantitative estimate of drug-likeness (QED) is 0.622. The summed E-state index contributed by atoms with van der Waals surface area (Å²) >= 11 is 0. The highest BCUT2D eigenvalue weighted by Crippen LogP contribution is 2.38. The minimum absolute atomic E-state index is 0.000463. The molecule has 0 saturated carbocycles. The van der Waals surface area contributed by atoms with Crippen molar-refractivity contribution in [1.82, 2.24) is 0 Å². The van der Waals surface area contributed by atoms with Crippen molar-refractivity contribution < 1.29 is 14.8 Å². The first kappa shape index (κ1) is 10.2. The fourth-order valence-electron chi connectivity index (χ4n) is 1.66. The fourth-order valence-corrected chi connectivity index (χ4v) is 1.66. The molecule has 2 aromatic rings. The predicted molar refractivity (Wildman–Crippen MR) is 58.8 cm³/mol. The Bertz CT molecular complexity index is 565. The van der Waals surface area contributed by atoms with Crippen molar-refractivity contribution in [3.63, 3.8) is 0 Å². The number of hydrogen-bond donors (Lipinski definition) is 1. The van der Waals surface area contributed by atoms with Crippen LogP contribution >= 0.6 is 0 Å². The highest BCUT2D eigenvalue weighted by Gasteiger charge is 2.17. The van der Waals surface area contributed by atoms with Crippen LogP contribution in [0, 0.1) is 10.1 Å². The molecule has 0 saturated heterocycles. The molecule has 0 heterocycles. The fraction of sp³-hybridized carbons (Fsp3) is 0.0909. The van der Waals surface area contributed by atoms with E-state index in [2.05, 4.69) is 0 Å². The number of hydrogen-bond acceptors (Lipinski definition) is 4. The Balaban J connectivity index is 2.93. The summed E-state index contributed by atoms with van der Waals surface area (Å²) in [6.07, 6.45) is 0. The van der Waals surface area contributed by atoms with E-state index >= 15 is 0 Å². The highest BCUT2D eigenvalue weighted by atomic mass is 16.6. The maximum atomic E-state index is 10.9. The number of benzene rings is 2. The van der Waals surface area contributed by atoms with Gasteiger partial charge in [-0.2, -0.15) is 0 Å². The van der Waals surface area contributed by atoms with Crippen molar-refractivity contribution in [2.75, 3.05) is 7.11 Å². The summed E-state index contributed by atoms with van der Waals surface area (Å²) in [5.74, 6) is 0.375. The molecule has 5 nitrogen and oxygen atoms in total. The van der Waals surface area contributed by atoms with Gasteiger partial charge in [-0.25, -0.2) is 0 Å². The molecule has 1 N–H and O–H groups in total. The van der Waals surface area contributed by atoms with Gasteiger partial charge in [-0.15, -0.1) is 0 Å². The van der Waals surface area contributed by atoms with Crippen molar-refractivity contribution in [2.45, 2.75) is 0 Å². The number of fused-ring (bicyclic) bond motifs is 1. The van der Waals surface area contributed by atoms with E-state index in [1.807, 2.05) is 0 Å². The lowest BCUT2D eigenvalue weighted by molar-refractivity contribution is -0.383. The molecule has 2 aromatic carbocycles. The topological polar surface area (TPSA) is 72.6 Å². The third kappa shape index (κ3) is 1.42. The molecule has 0 radical (unpaired) electrons. The van der Waals surface area contributed by atoms with Gasteiger partial charge < -0.3 is 9.84 Å². The van der Waals surface area contributed by atoms with Gasteiger partial charge in [-0.1, -0.05) is 12.1 Å². The Hall–Kier alpha value is -2.30. The molecule has 82 valence electrons. The van der Waals surface area contributed by atoms with Gasteiger partial charge in [0.15, 0.2) is 0 Å². The third-order valence-corrected chi connectivity index (χ3v) is 2.37. The maximum Gasteiger partial charge on any atom is 0.281 e. The number of non-ortho nitro benzene ring substituents is 1. The average Bonchev–Trinajstić information content (AvgIpc) is 2.28. The van der Waals surface area contributed by atoms with E-state index in [4.69, 9.17) is 4.74 Å². The molecular formula is C11H9NO4. The van der Waals surface area contributed by atoms with Crippen LogP contribution in [0.1, 0.15) is 0 Å². The van der Waals surface area contributed by atoms with Crippen LogP contribution < -0.4 is 4.74 Å². The lowest BCUT2D eigenvalue weighted by Gasteiger charge is -2.06. The summed E-state index contributed by atoms with van der Waals surface area (Å²) in [7, 11) is 1.43. The number of phenolic OH excluding ortho intramolecular Hbond substituents is 1. The van der Waals surface area contributed by atoms with E-state index in [0.29, 0.717) is 16.5 Å². The number of aromatic hydroxyl groups is 1. The smallest absolute Gasteiger partial charge is 0.281 e. The largest absolute Gasteiger partial charge is 0.507 e. The van der Waals surface area contributed by atoms with Crippen LogP contribution in [0.25, 0.3) is 10.8 Å². The Morgan fingerprint density at radius 2 is 2.06 bits per heavy atom. The Kier molecular flexibility index (Phi) is 2.36. The number of nitrogens with zero attached hydrogens (tertiary/aromatic N) is 1. The summed E-state index contributed by atoms with van der Waals surface area (Å²) in [6.45, 7) is 0. The molecule has 16 heavy (non-hydrogen) atoms. The second-order valence-electron chi connectivity index (χ2n) is 3.24. The normalized spacial score (nSPS) is 10.3. The van der Waals surface area contributed by atoms with Crippen LogP contribution in [0.2, 0.25) is 0 Å². The van der Waals surface area contributed by atoms with E-state index in [9.17, 15) is 15.2 Å². The number of nitro groups is 1. The summed E-state index contributed by atoms with van der Waals surface area (Å²) in [5, 5.41) is 21.2. The monoisotopic (exact) mass is 219 g/mol. The minimum atomic E-state index is -0.496. The zero-order valence-electron chi connectivity index (χ0n) is 8.51. The molecule has 0 fully saturated rings. The lowest BCUT2D eigenvalue weighted by Crippen LogP contribution is -1.92. The number of rotatable bonds is 2. The van der Waals surface area contributed by atoms with Gasteiger partial charge in [-0.3, -0.25) is 10.1 Å². The molecule has 0 atom stereocenters. The first-order valence-corrected chi connectivity index (χ1v) is 4.58. The molecule has 0 aliphatic rings. The standard InChI is InChI=1S/C11H9NO4/c1-16-10-4-2-3-7-9(13)6-5-8(11(7)10)12(14)15/h2-6,13H,1H3. The maximum absolute atomic E-state index is 10.9. The van der Waals surface area contributed by atoms with E-state index in [1.54, 1.807) is 18.2 Å². The second-order valence-corrected chi connectivity index (χ2v) is 3.24. The van der Waals surface area contributed by atoms with Crippen LogP contribution in [-0.4, -0.2) is 17.1 Å². The van der Waals surface area contributed by atoms with E-state index < -0.39 is 4.92 Å². The van der Waals surface area contributed by atoms with Gasteiger partial charge in [0.1, 0.15) is 16.9 Å². The van der Waals surface area contributed by atoms with E-state index in [1.165, 1.54) is 19.2 Å². The van der Waals surface area contributed by atoms with Crippen LogP contribution in [0.4, 0.5) is 5.69 Å². The molecule has 0 aromatic heterocycles. The molecule has 0 spiro atoms. The Labute approximate surface area is 91.0 Å².